The zero-order valence-corrected chi connectivity index (χ0v) is 12.0. The fourth-order valence-electron chi connectivity index (χ4n) is 1.94. The summed E-state index contributed by atoms with van der Waals surface area (Å²) < 4.78 is 33.0. The Morgan fingerprint density at radius 1 is 1.39 bits per heavy atom. The van der Waals surface area contributed by atoms with Gasteiger partial charge < -0.3 is 18.5 Å². The number of carbonyl (C=O) groups is 1. The summed E-state index contributed by atoms with van der Waals surface area (Å²) in [6.07, 6.45) is 1.75. The Labute approximate surface area is 107 Å². The van der Waals surface area contributed by atoms with Gasteiger partial charge in [0, 0.05) is 14.2 Å². The van der Waals surface area contributed by atoms with Crippen LogP contribution in [0.4, 0.5) is 0 Å². The maximum absolute atomic E-state index is 12.5. The first-order valence-corrected chi connectivity index (χ1v) is 7.29. The zero-order valence-electron chi connectivity index (χ0n) is 11.1. The minimum atomic E-state index is -3.55. The van der Waals surface area contributed by atoms with E-state index in [1.54, 1.807) is 13.8 Å². The minimum absolute atomic E-state index is 0.183. The first-order chi connectivity index (χ1) is 8.46. The maximum atomic E-state index is 12.5. The summed E-state index contributed by atoms with van der Waals surface area (Å²) in [4.78, 5) is 11.6. The quantitative estimate of drug-likeness (QED) is 0.549. The molecule has 0 spiro atoms. The number of ether oxygens (including phenoxy) is 2. The monoisotopic (exact) mass is 278 g/mol. The van der Waals surface area contributed by atoms with Gasteiger partial charge >= 0.3 is 13.6 Å². The fraction of sp³-hybridized carbons (Fsp3) is 0.727. The number of esters is 1. The van der Waals surface area contributed by atoms with Gasteiger partial charge in [0.05, 0.1) is 19.1 Å². The van der Waals surface area contributed by atoms with E-state index in [0.717, 1.165) is 0 Å². The van der Waals surface area contributed by atoms with Crippen LogP contribution in [0.25, 0.3) is 0 Å². The molecule has 18 heavy (non-hydrogen) atoms. The highest BCUT2D eigenvalue weighted by Gasteiger charge is 2.54. The van der Waals surface area contributed by atoms with Crippen molar-refractivity contribution in [2.24, 2.45) is 0 Å². The van der Waals surface area contributed by atoms with Crippen molar-refractivity contribution in [2.45, 2.75) is 32.0 Å². The topological polar surface area (TPSA) is 71.1 Å². The Morgan fingerprint density at radius 2 is 2.00 bits per heavy atom. The maximum Gasteiger partial charge on any atom is 0.373 e. The molecule has 0 radical (unpaired) electrons. The molecule has 0 aromatic heterocycles. The van der Waals surface area contributed by atoms with Crippen LogP contribution in [-0.4, -0.2) is 32.1 Å². The molecule has 1 unspecified atom stereocenters. The number of hydrogen-bond donors (Lipinski definition) is 0. The lowest BCUT2D eigenvalue weighted by molar-refractivity contribution is -0.151. The van der Waals surface area contributed by atoms with E-state index in [9.17, 15) is 9.36 Å². The molecule has 0 amide bonds. The highest BCUT2D eigenvalue weighted by atomic mass is 31.2. The van der Waals surface area contributed by atoms with E-state index in [0.29, 0.717) is 18.8 Å². The molecular weight excluding hydrogens is 259 g/mol. The average molecular weight is 278 g/mol. The number of hydrogen-bond acceptors (Lipinski definition) is 6. The van der Waals surface area contributed by atoms with Crippen LogP contribution >= 0.6 is 7.60 Å². The summed E-state index contributed by atoms with van der Waals surface area (Å²) in [5, 5.41) is -1.31. The number of cyclic esters (lactones) is 1. The first-order valence-electron chi connectivity index (χ1n) is 5.75. The van der Waals surface area contributed by atoms with Gasteiger partial charge in [0.1, 0.15) is 5.76 Å². The Balaban J connectivity index is 3.14. The lowest BCUT2D eigenvalue weighted by Crippen LogP contribution is -2.38. The molecule has 1 atom stereocenters. The average Bonchev–Trinajstić information content (AvgIpc) is 2.37. The van der Waals surface area contributed by atoms with Crippen molar-refractivity contribution < 1.29 is 27.9 Å². The molecule has 0 bridgehead atoms. The number of rotatable bonds is 6. The predicted octanol–water partition coefficient (Wildman–Crippen LogP) is 2.45. The molecule has 0 aromatic carbocycles. The van der Waals surface area contributed by atoms with Gasteiger partial charge in [-0.05, 0) is 13.3 Å². The van der Waals surface area contributed by atoms with Crippen LogP contribution < -0.4 is 0 Å². The molecule has 1 rings (SSSR count). The highest BCUT2D eigenvalue weighted by molar-refractivity contribution is 7.55. The molecule has 1 aliphatic rings. The van der Waals surface area contributed by atoms with Crippen LogP contribution in [0.1, 0.15) is 26.7 Å². The van der Waals surface area contributed by atoms with E-state index in [4.69, 9.17) is 18.5 Å². The first kappa shape index (κ1) is 15.2. The second kappa shape index (κ2) is 5.87. The minimum Gasteiger partial charge on any atom is -0.498 e. The molecule has 1 heterocycles. The molecule has 0 aromatic rings. The third-order valence-electron chi connectivity index (χ3n) is 2.88. The van der Waals surface area contributed by atoms with Gasteiger partial charge in [-0.1, -0.05) is 6.92 Å². The lowest BCUT2D eigenvalue weighted by atomic mass is 10.1. The van der Waals surface area contributed by atoms with Gasteiger partial charge in [-0.15, -0.1) is 0 Å². The Bertz CT molecular complexity index is 383. The second-order valence-corrected chi connectivity index (χ2v) is 6.34. The smallest absolute Gasteiger partial charge is 0.373 e. The van der Waals surface area contributed by atoms with Crippen LogP contribution in [0.3, 0.4) is 0 Å². The summed E-state index contributed by atoms with van der Waals surface area (Å²) in [5.41, 5.74) is 0. The van der Waals surface area contributed by atoms with Crippen LogP contribution in [-0.2, 0) is 27.9 Å². The van der Waals surface area contributed by atoms with Gasteiger partial charge in [0.25, 0.3) is 0 Å². The summed E-state index contributed by atoms with van der Waals surface area (Å²) in [6.45, 7) is 3.98. The van der Waals surface area contributed by atoms with Crippen molar-refractivity contribution in [3.05, 3.63) is 11.8 Å². The molecule has 0 N–H and O–H groups in total. The van der Waals surface area contributed by atoms with Crippen LogP contribution in [0.15, 0.2) is 11.8 Å². The molecule has 0 fully saturated rings. The Hall–Kier alpha value is -0.840. The largest absolute Gasteiger partial charge is 0.498 e. The highest BCUT2D eigenvalue weighted by Crippen LogP contribution is 2.64. The molecule has 104 valence electrons. The third-order valence-corrected chi connectivity index (χ3v) is 5.41. The van der Waals surface area contributed by atoms with E-state index in [2.05, 4.69) is 0 Å². The van der Waals surface area contributed by atoms with E-state index in [-0.39, 0.29) is 6.42 Å². The normalized spacial score (nSPS) is 24.4. The molecule has 1 aliphatic heterocycles. The molecule has 7 heteroatoms. The van der Waals surface area contributed by atoms with E-state index in [1.807, 2.05) is 0 Å². The van der Waals surface area contributed by atoms with E-state index in [1.165, 1.54) is 20.3 Å². The zero-order chi connectivity index (χ0) is 13.8. The van der Waals surface area contributed by atoms with E-state index < -0.39 is 18.9 Å². The molecule has 0 saturated heterocycles. The van der Waals surface area contributed by atoms with Gasteiger partial charge in [0.15, 0.2) is 0 Å². The second-order valence-electron chi connectivity index (χ2n) is 3.80. The van der Waals surface area contributed by atoms with Crippen molar-refractivity contribution in [1.29, 1.82) is 0 Å². The van der Waals surface area contributed by atoms with Crippen molar-refractivity contribution in [1.82, 2.24) is 0 Å². The van der Waals surface area contributed by atoms with Crippen molar-refractivity contribution in [3.8, 4) is 0 Å². The molecule has 6 nitrogen and oxygen atoms in total. The van der Waals surface area contributed by atoms with Gasteiger partial charge in [-0.3, -0.25) is 4.57 Å². The van der Waals surface area contributed by atoms with E-state index >= 15 is 0 Å². The van der Waals surface area contributed by atoms with Crippen molar-refractivity contribution >= 4 is 13.6 Å². The summed E-state index contributed by atoms with van der Waals surface area (Å²) in [5.74, 6) is -0.161. The third kappa shape index (κ3) is 2.60. The SMILES string of the molecule is CCOC1=CC(=O)OC(CC)(P(=O)(OC)OC)C1. The van der Waals surface area contributed by atoms with Crippen LogP contribution in [0.5, 0.6) is 0 Å². The standard InChI is InChI=1S/C11H19O6P/c1-5-11(18(13,14-3)15-4)8-9(16-6-2)7-10(12)17-11/h7H,5-6,8H2,1-4H3. The van der Waals surface area contributed by atoms with Crippen molar-refractivity contribution in [3.63, 3.8) is 0 Å². The summed E-state index contributed by atoms with van der Waals surface area (Å²) in [7, 11) is -1.01. The van der Waals surface area contributed by atoms with Crippen molar-refractivity contribution in [2.75, 3.05) is 20.8 Å². The molecular formula is C11H19O6P. The van der Waals surface area contributed by atoms with Gasteiger partial charge in [-0.2, -0.15) is 0 Å². The van der Waals surface area contributed by atoms with Gasteiger partial charge in [0.2, 0.25) is 5.34 Å². The Kier molecular flexibility index (Phi) is 4.96. The molecule has 0 aliphatic carbocycles. The summed E-state index contributed by atoms with van der Waals surface area (Å²) >= 11 is 0. The molecule has 0 saturated carbocycles. The van der Waals surface area contributed by atoms with Crippen LogP contribution in [0.2, 0.25) is 0 Å². The predicted molar refractivity (Wildman–Crippen MR) is 65.1 cm³/mol. The van der Waals surface area contributed by atoms with Crippen LogP contribution in [0, 0.1) is 0 Å². The summed E-state index contributed by atoms with van der Waals surface area (Å²) in [6, 6.07) is 0. The van der Waals surface area contributed by atoms with Gasteiger partial charge in [-0.25, -0.2) is 4.79 Å². The number of carbonyl (C=O) groups excluding carboxylic acids is 1. The lowest BCUT2D eigenvalue weighted by Gasteiger charge is -2.38. The Morgan fingerprint density at radius 3 is 2.44 bits per heavy atom. The fourth-order valence-corrected chi connectivity index (χ4v) is 3.69.